The first-order chi connectivity index (χ1) is 10.8. The minimum Gasteiger partial charge on any atom is -0.508 e. The molecule has 0 aliphatic carbocycles. The molecule has 0 saturated heterocycles. The van der Waals surface area contributed by atoms with Crippen molar-refractivity contribution < 1.29 is 30.0 Å². The average Bonchev–Trinajstić information content (AvgIpc) is 2.50. The second-order valence-corrected chi connectivity index (χ2v) is 5.70. The third-order valence-electron chi connectivity index (χ3n) is 3.84. The van der Waals surface area contributed by atoms with E-state index < -0.39 is 17.5 Å². The first-order valence-electron chi connectivity index (χ1n) is 7.84. The predicted molar refractivity (Wildman–Crippen MR) is 85.1 cm³/mol. The number of benzene rings is 1. The van der Waals surface area contributed by atoms with E-state index in [2.05, 4.69) is 0 Å². The molecule has 0 heterocycles. The minimum absolute atomic E-state index is 0.0629. The van der Waals surface area contributed by atoms with Gasteiger partial charge in [0.05, 0.1) is 5.56 Å². The number of Topliss-reactive ketones (excluding diaryl/α,β-unsaturated/α-hetero) is 1. The highest BCUT2D eigenvalue weighted by atomic mass is 16.4. The van der Waals surface area contributed by atoms with Crippen LogP contribution in [0.3, 0.4) is 0 Å². The van der Waals surface area contributed by atoms with Crippen molar-refractivity contribution in [2.75, 3.05) is 0 Å². The smallest absolute Gasteiger partial charge is 0.303 e. The summed E-state index contributed by atoms with van der Waals surface area (Å²) in [6.45, 7) is 1.45. The molecule has 0 atom stereocenters. The summed E-state index contributed by atoms with van der Waals surface area (Å²) in [5.74, 6) is -2.27. The molecule has 6 heteroatoms. The van der Waals surface area contributed by atoms with Crippen LogP contribution >= 0.6 is 0 Å². The second-order valence-electron chi connectivity index (χ2n) is 5.70. The molecule has 0 aromatic heterocycles. The Balaban J connectivity index is 2.34. The number of phenolic OH excluding ortho intramolecular Hbond substituents is 3. The minimum atomic E-state index is -0.778. The molecular formula is C17H24O6. The fourth-order valence-corrected chi connectivity index (χ4v) is 2.36. The Hall–Kier alpha value is -2.24. The predicted octanol–water partition coefficient (Wildman–Crippen LogP) is 3.50. The number of carbonyl (C=O) groups is 2. The maximum atomic E-state index is 12.0. The van der Waals surface area contributed by atoms with Crippen LogP contribution in [0.2, 0.25) is 0 Å². The summed E-state index contributed by atoms with van der Waals surface area (Å²) in [5.41, 5.74) is 0.0764. The third-order valence-corrected chi connectivity index (χ3v) is 3.84. The molecule has 0 aliphatic heterocycles. The summed E-state index contributed by atoms with van der Waals surface area (Å²) in [7, 11) is 0. The maximum absolute atomic E-state index is 12.0. The molecule has 128 valence electrons. The van der Waals surface area contributed by atoms with Gasteiger partial charge in [0.2, 0.25) is 0 Å². The molecule has 1 aromatic rings. The lowest BCUT2D eigenvalue weighted by molar-refractivity contribution is -0.137. The summed E-state index contributed by atoms with van der Waals surface area (Å²) < 4.78 is 0. The molecule has 1 rings (SSSR count). The molecule has 1 aromatic carbocycles. The summed E-state index contributed by atoms with van der Waals surface area (Å²) in [4.78, 5) is 22.4. The Labute approximate surface area is 135 Å². The van der Waals surface area contributed by atoms with Crippen molar-refractivity contribution in [3.63, 3.8) is 0 Å². The van der Waals surface area contributed by atoms with Crippen molar-refractivity contribution in [1.29, 1.82) is 0 Å². The monoisotopic (exact) mass is 324 g/mol. The second kappa shape index (κ2) is 9.02. The number of ketones is 1. The molecular weight excluding hydrogens is 300 g/mol. The number of aliphatic carboxylic acids is 1. The summed E-state index contributed by atoms with van der Waals surface area (Å²) >= 11 is 0. The van der Waals surface area contributed by atoms with Gasteiger partial charge in [0.1, 0.15) is 5.75 Å². The van der Waals surface area contributed by atoms with Gasteiger partial charge in [0.25, 0.3) is 0 Å². The SMILES string of the molecule is Cc1c(O)cc(C(=O)CCCCCCCCC(=O)O)c(O)c1O. The fourth-order valence-electron chi connectivity index (χ4n) is 2.36. The largest absolute Gasteiger partial charge is 0.508 e. The third kappa shape index (κ3) is 5.81. The van der Waals surface area contributed by atoms with Crippen LogP contribution in [0, 0.1) is 6.92 Å². The lowest BCUT2D eigenvalue weighted by atomic mass is 10.00. The van der Waals surface area contributed by atoms with E-state index >= 15 is 0 Å². The van der Waals surface area contributed by atoms with Crippen LogP contribution in [0.1, 0.15) is 67.3 Å². The molecule has 0 unspecified atom stereocenters. The van der Waals surface area contributed by atoms with Crippen molar-refractivity contribution in [1.82, 2.24) is 0 Å². The zero-order valence-electron chi connectivity index (χ0n) is 13.3. The lowest BCUT2D eigenvalue weighted by Gasteiger charge is -2.09. The molecule has 0 bridgehead atoms. The molecule has 0 saturated carbocycles. The number of carboxylic acids is 1. The van der Waals surface area contributed by atoms with Crippen molar-refractivity contribution in [2.45, 2.75) is 58.3 Å². The fraction of sp³-hybridized carbons (Fsp3) is 0.529. The van der Waals surface area contributed by atoms with Crippen LogP contribution in [0.5, 0.6) is 17.2 Å². The number of carboxylic acid groups (broad SMARTS) is 1. The first kappa shape index (κ1) is 18.8. The Bertz CT molecular complexity index is 565. The number of hydrogen-bond acceptors (Lipinski definition) is 5. The van der Waals surface area contributed by atoms with Crippen molar-refractivity contribution in [2.24, 2.45) is 0 Å². The van der Waals surface area contributed by atoms with Gasteiger partial charge < -0.3 is 20.4 Å². The maximum Gasteiger partial charge on any atom is 0.303 e. The number of aromatic hydroxyl groups is 3. The van der Waals surface area contributed by atoms with Crippen LogP contribution in [-0.2, 0) is 4.79 Å². The molecule has 23 heavy (non-hydrogen) atoms. The highest BCUT2D eigenvalue weighted by Gasteiger charge is 2.18. The van der Waals surface area contributed by atoms with Crippen molar-refractivity contribution in [3.8, 4) is 17.2 Å². The Morgan fingerprint density at radius 2 is 1.39 bits per heavy atom. The zero-order chi connectivity index (χ0) is 17.4. The Kier molecular flexibility index (Phi) is 7.38. The van der Waals surface area contributed by atoms with Gasteiger partial charge in [0.15, 0.2) is 17.3 Å². The van der Waals surface area contributed by atoms with Gasteiger partial charge in [0, 0.05) is 18.4 Å². The van der Waals surface area contributed by atoms with Crippen molar-refractivity contribution in [3.05, 3.63) is 17.2 Å². The van der Waals surface area contributed by atoms with Crippen molar-refractivity contribution >= 4 is 11.8 Å². The molecule has 6 nitrogen and oxygen atoms in total. The average molecular weight is 324 g/mol. The van der Waals surface area contributed by atoms with E-state index in [4.69, 9.17) is 5.11 Å². The van der Waals surface area contributed by atoms with Gasteiger partial charge in [-0.2, -0.15) is 0 Å². The molecule has 4 N–H and O–H groups in total. The quantitative estimate of drug-likeness (QED) is 0.227. The molecule has 0 radical (unpaired) electrons. The number of carbonyl (C=O) groups excluding carboxylic acids is 1. The standard InChI is InChI=1S/C17H24O6/c1-11-14(19)10-12(17(23)16(11)22)13(18)8-6-4-2-3-5-7-9-15(20)21/h10,19,22-23H,2-9H2,1H3,(H,20,21). The number of rotatable bonds is 10. The van der Waals surface area contributed by atoms with E-state index in [1.807, 2.05) is 0 Å². The number of phenols is 3. The van der Waals surface area contributed by atoms with E-state index in [1.54, 1.807) is 0 Å². The summed E-state index contributed by atoms with van der Waals surface area (Å²) in [5, 5.41) is 37.6. The van der Waals surface area contributed by atoms with E-state index in [0.29, 0.717) is 12.8 Å². The van der Waals surface area contributed by atoms with Crippen LogP contribution < -0.4 is 0 Å². The van der Waals surface area contributed by atoms with Gasteiger partial charge in [-0.1, -0.05) is 25.7 Å². The molecule has 0 spiro atoms. The van der Waals surface area contributed by atoms with Crippen LogP contribution in [-0.4, -0.2) is 32.2 Å². The van der Waals surface area contributed by atoms with Gasteiger partial charge in [-0.05, 0) is 25.8 Å². The topological polar surface area (TPSA) is 115 Å². The Morgan fingerprint density at radius 1 is 0.870 bits per heavy atom. The first-order valence-corrected chi connectivity index (χ1v) is 7.84. The molecule has 0 fully saturated rings. The van der Waals surface area contributed by atoms with Crippen LogP contribution in [0.25, 0.3) is 0 Å². The summed E-state index contributed by atoms with van der Waals surface area (Å²) in [6.07, 6.45) is 5.28. The highest BCUT2D eigenvalue weighted by Crippen LogP contribution is 2.38. The van der Waals surface area contributed by atoms with Gasteiger partial charge in [-0.3, -0.25) is 9.59 Å². The number of unbranched alkanes of at least 4 members (excludes halogenated alkanes) is 5. The van der Waals surface area contributed by atoms with Gasteiger partial charge in [-0.15, -0.1) is 0 Å². The molecule has 0 aliphatic rings. The van der Waals surface area contributed by atoms with Crippen LogP contribution in [0.4, 0.5) is 0 Å². The highest BCUT2D eigenvalue weighted by molar-refractivity contribution is 6.00. The molecule has 0 amide bonds. The van der Waals surface area contributed by atoms with E-state index in [1.165, 1.54) is 13.0 Å². The van der Waals surface area contributed by atoms with E-state index in [9.17, 15) is 24.9 Å². The van der Waals surface area contributed by atoms with Gasteiger partial charge >= 0.3 is 5.97 Å². The van der Waals surface area contributed by atoms with Crippen LogP contribution in [0.15, 0.2) is 6.07 Å². The number of hydrogen-bond donors (Lipinski definition) is 4. The lowest BCUT2D eigenvalue weighted by Crippen LogP contribution is -2.00. The zero-order valence-corrected chi connectivity index (χ0v) is 13.3. The summed E-state index contributed by atoms with van der Waals surface area (Å²) in [6, 6.07) is 1.18. The Morgan fingerprint density at radius 3 is 1.96 bits per heavy atom. The van der Waals surface area contributed by atoms with Gasteiger partial charge in [-0.25, -0.2) is 0 Å². The van der Waals surface area contributed by atoms with E-state index in [-0.39, 0.29) is 35.5 Å². The van der Waals surface area contributed by atoms with E-state index in [0.717, 1.165) is 25.7 Å². The normalized spacial score (nSPS) is 10.7.